The minimum absolute atomic E-state index is 0.169. The third-order valence-corrected chi connectivity index (χ3v) is 3.63. The molecule has 24 heavy (non-hydrogen) atoms. The summed E-state index contributed by atoms with van der Waals surface area (Å²) < 4.78 is 7.30. The second-order valence-corrected chi connectivity index (χ2v) is 5.57. The van der Waals surface area contributed by atoms with Gasteiger partial charge in [-0.2, -0.15) is 0 Å². The second-order valence-electron chi connectivity index (χ2n) is 5.57. The number of carbonyl (C=O) groups excluding carboxylic acids is 2. The van der Waals surface area contributed by atoms with Crippen LogP contribution in [0.25, 0.3) is 0 Å². The van der Waals surface area contributed by atoms with Crippen molar-refractivity contribution in [2.45, 2.75) is 33.8 Å². The Morgan fingerprint density at radius 1 is 1.08 bits per heavy atom. The van der Waals surface area contributed by atoms with Crippen LogP contribution in [0.3, 0.4) is 0 Å². The lowest BCUT2D eigenvalue weighted by atomic mass is 10.2. The van der Waals surface area contributed by atoms with Crippen molar-refractivity contribution in [2.75, 3.05) is 12.0 Å². The van der Waals surface area contributed by atoms with Gasteiger partial charge in [-0.05, 0) is 64.1 Å². The van der Waals surface area contributed by atoms with Crippen LogP contribution < -0.4 is 15.5 Å². The molecule has 0 saturated heterocycles. The van der Waals surface area contributed by atoms with Gasteiger partial charge in [-0.25, -0.2) is 0 Å². The van der Waals surface area contributed by atoms with Crippen molar-refractivity contribution in [3.8, 4) is 5.75 Å². The summed E-state index contributed by atoms with van der Waals surface area (Å²) in [5.41, 5.74) is 5.27. The minimum atomic E-state index is -0.588. The Morgan fingerprint density at radius 3 is 2.21 bits per heavy atom. The predicted molar refractivity (Wildman–Crippen MR) is 92.8 cm³/mol. The topological polar surface area (TPSA) is 72.4 Å². The SMILES string of the molecule is CCNC(=O)[C@@H](C)Oc1ccc(C(=O)Nn2c(C)ccc2C)cc1. The molecule has 0 fully saturated rings. The van der Waals surface area contributed by atoms with E-state index >= 15 is 0 Å². The van der Waals surface area contributed by atoms with E-state index in [2.05, 4.69) is 10.7 Å². The van der Waals surface area contributed by atoms with Gasteiger partial charge in [0.05, 0.1) is 0 Å². The molecule has 0 aliphatic heterocycles. The molecular formula is C18H23N3O3. The van der Waals surface area contributed by atoms with Gasteiger partial charge in [0, 0.05) is 23.5 Å². The van der Waals surface area contributed by atoms with Crippen molar-refractivity contribution in [3.63, 3.8) is 0 Å². The lowest BCUT2D eigenvalue weighted by Crippen LogP contribution is -2.36. The third-order valence-electron chi connectivity index (χ3n) is 3.63. The van der Waals surface area contributed by atoms with Gasteiger partial charge < -0.3 is 10.1 Å². The molecule has 0 bridgehead atoms. The van der Waals surface area contributed by atoms with Crippen LogP contribution in [0.5, 0.6) is 5.75 Å². The van der Waals surface area contributed by atoms with Crippen molar-refractivity contribution < 1.29 is 14.3 Å². The fraction of sp³-hybridized carbons (Fsp3) is 0.333. The van der Waals surface area contributed by atoms with E-state index in [0.29, 0.717) is 17.9 Å². The monoisotopic (exact) mass is 329 g/mol. The number of aromatic nitrogens is 1. The van der Waals surface area contributed by atoms with Gasteiger partial charge >= 0.3 is 0 Å². The van der Waals surface area contributed by atoms with Gasteiger partial charge in [0.2, 0.25) is 0 Å². The maximum atomic E-state index is 12.3. The Labute approximate surface area is 141 Å². The molecule has 6 heteroatoms. The summed E-state index contributed by atoms with van der Waals surface area (Å²) >= 11 is 0. The summed E-state index contributed by atoms with van der Waals surface area (Å²) in [5, 5.41) is 2.70. The molecule has 0 aliphatic carbocycles. The van der Waals surface area contributed by atoms with Gasteiger partial charge in [-0.1, -0.05) is 0 Å². The maximum Gasteiger partial charge on any atom is 0.270 e. The minimum Gasteiger partial charge on any atom is -0.481 e. The molecule has 2 N–H and O–H groups in total. The molecule has 0 radical (unpaired) electrons. The molecule has 0 saturated carbocycles. The summed E-state index contributed by atoms with van der Waals surface area (Å²) in [6.45, 7) is 7.94. The van der Waals surface area contributed by atoms with Crippen molar-refractivity contribution in [1.82, 2.24) is 9.99 Å². The zero-order chi connectivity index (χ0) is 17.7. The summed E-state index contributed by atoms with van der Waals surface area (Å²) in [6, 6.07) is 10.6. The molecule has 0 unspecified atom stereocenters. The van der Waals surface area contributed by atoms with Gasteiger partial charge in [-0.15, -0.1) is 0 Å². The van der Waals surface area contributed by atoms with Crippen molar-refractivity contribution in [2.24, 2.45) is 0 Å². The lowest BCUT2D eigenvalue weighted by molar-refractivity contribution is -0.127. The second kappa shape index (κ2) is 7.68. The first kappa shape index (κ1) is 17.6. The summed E-state index contributed by atoms with van der Waals surface area (Å²) in [4.78, 5) is 24.0. The molecule has 1 aromatic heterocycles. The van der Waals surface area contributed by atoms with Gasteiger partial charge in [0.25, 0.3) is 11.8 Å². The molecular weight excluding hydrogens is 306 g/mol. The van der Waals surface area contributed by atoms with Crippen LogP contribution in [0.1, 0.15) is 35.6 Å². The van der Waals surface area contributed by atoms with E-state index in [9.17, 15) is 9.59 Å². The van der Waals surface area contributed by atoms with Crippen LogP contribution in [-0.4, -0.2) is 29.1 Å². The smallest absolute Gasteiger partial charge is 0.270 e. The number of hydrogen-bond acceptors (Lipinski definition) is 3. The predicted octanol–water partition coefficient (Wildman–Crippen LogP) is 2.39. The highest BCUT2D eigenvalue weighted by atomic mass is 16.5. The van der Waals surface area contributed by atoms with Crippen molar-refractivity contribution in [3.05, 3.63) is 53.3 Å². The fourth-order valence-electron chi connectivity index (χ4n) is 2.27. The highest BCUT2D eigenvalue weighted by molar-refractivity contribution is 6.00. The van der Waals surface area contributed by atoms with Crippen molar-refractivity contribution in [1.29, 1.82) is 0 Å². The first-order valence-corrected chi connectivity index (χ1v) is 7.93. The number of nitrogens with one attached hydrogen (secondary N) is 2. The first-order chi connectivity index (χ1) is 11.4. The number of rotatable bonds is 6. The van der Waals surface area contributed by atoms with Gasteiger partial charge in [0.15, 0.2) is 6.10 Å². The molecule has 6 nitrogen and oxygen atoms in total. The third kappa shape index (κ3) is 4.16. The van der Waals surface area contributed by atoms with Crippen LogP contribution in [0.4, 0.5) is 0 Å². The van der Waals surface area contributed by atoms with Gasteiger partial charge in [0.1, 0.15) is 5.75 Å². The number of ether oxygens (including phenoxy) is 1. The molecule has 128 valence electrons. The number of carbonyl (C=O) groups is 2. The van der Waals surface area contributed by atoms with E-state index in [0.717, 1.165) is 11.4 Å². The van der Waals surface area contributed by atoms with Crippen LogP contribution in [-0.2, 0) is 4.79 Å². The number of nitrogens with zero attached hydrogens (tertiary/aromatic N) is 1. The molecule has 2 rings (SSSR count). The Kier molecular flexibility index (Phi) is 5.63. The average molecular weight is 329 g/mol. The zero-order valence-electron chi connectivity index (χ0n) is 14.4. The van der Waals surface area contributed by atoms with Crippen molar-refractivity contribution >= 4 is 11.8 Å². The van der Waals surface area contributed by atoms with E-state index in [1.54, 1.807) is 35.9 Å². The van der Waals surface area contributed by atoms with E-state index in [4.69, 9.17) is 4.74 Å². The Hall–Kier alpha value is -2.76. The quantitative estimate of drug-likeness (QED) is 0.855. The van der Waals surface area contributed by atoms with Crippen LogP contribution in [0.15, 0.2) is 36.4 Å². The highest BCUT2D eigenvalue weighted by Crippen LogP contribution is 2.15. The Morgan fingerprint density at radius 2 is 1.67 bits per heavy atom. The average Bonchev–Trinajstić information content (AvgIpc) is 2.87. The van der Waals surface area contributed by atoms with E-state index in [1.807, 2.05) is 32.9 Å². The molecule has 2 aromatic rings. The van der Waals surface area contributed by atoms with Crippen LogP contribution in [0.2, 0.25) is 0 Å². The number of aryl methyl sites for hydroxylation is 2. The number of hydrogen-bond donors (Lipinski definition) is 2. The van der Waals surface area contributed by atoms with E-state index in [-0.39, 0.29) is 11.8 Å². The summed E-state index contributed by atoms with van der Waals surface area (Å²) in [7, 11) is 0. The van der Waals surface area contributed by atoms with E-state index < -0.39 is 6.10 Å². The Bertz CT molecular complexity index is 700. The molecule has 1 aromatic carbocycles. The Balaban J connectivity index is 2.01. The molecule has 0 spiro atoms. The zero-order valence-corrected chi connectivity index (χ0v) is 14.4. The number of benzene rings is 1. The van der Waals surface area contributed by atoms with Gasteiger partial charge in [-0.3, -0.25) is 19.7 Å². The maximum absolute atomic E-state index is 12.3. The lowest BCUT2D eigenvalue weighted by Gasteiger charge is -2.15. The summed E-state index contributed by atoms with van der Waals surface area (Å²) in [5.74, 6) is 0.164. The molecule has 1 atom stereocenters. The fourth-order valence-corrected chi connectivity index (χ4v) is 2.27. The van der Waals surface area contributed by atoms with Crippen LogP contribution in [0, 0.1) is 13.8 Å². The normalized spacial score (nSPS) is 11.7. The van der Waals surface area contributed by atoms with Crippen LogP contribution >= 0.6 is 0 Å². The highest BCUT2D eigenvalue weighted by Gasteiger charge is 2.14. The number of amides is 2. The molecule has 1 heterocycles. The number of likely N-dealkylation sites (N-methyl/N-ethyl adjacent to an activating group) is 1. The summed E-state index contributed by atoms with van der Waals surface area (Å²) in [6.07, 6.45) is -0.588. The molecule has 2 amide bonds. The van der Waals surface area contributed by atoms with E-state index in [1.165, 1.54) is 0 Å². The molecule has 0 aliphatic rings. The standard InChI is InChI=1S/C18H23N3O3/c1-5-19-17(22)14(4)24-16-10-8-15(9-11-16)18(23)20-21-12(2)6-7-13(21)3/h6-11,14H,5H2,1-4H3,(H,19,22)(H,20,23)/t14-/m1/s1. The largest absolute Gasteiger partial charge is 0.481 e. The first-order valence-electron chi connectivity index (χ1n) is 7.93.